The molecule has 1 aliphatic heterocycles. The van der Waals surface area contributed by atoms with Crippen molar-refractivity contribution >= 4 is 16.9 Å². The van der Waals surface area contributed by atoms with Crippen LogP contribution in [0.1, 0.15) is 18.9 Å². The Hall–Kier alpha value is -1.23. The fraction of sp³-hybridized carbons (Fsp3) is 0.500. The molecule has 2 heterocycles. The molecule has 17 heavy (non-hydrogen) atoms. The number of hydrogen-bond acceptors (Lipinski definition) is 5. The Kier molecular flexibility index (Phi) is 4.25. The van der Waals surface area contributed by atoms with E-state index < -0.39 is 0 Å². The number of nitrogens with zero attached hydrogens (tertiary/aromatic N) is 2. The van der Waals surface area contributed by atoms with Gasteiger partial charge in [-0.05, 0) is 18.1 Å². The van der Waals surface area contributed by atoms with Crippen LogP contribution >= 0.6 is 11.8 Å². The van der Waals surface area contributed by atoms with Crippen LogP contribution in [0.25, 0.3) is 0 Å². The van der Waals surface area contributed by atoms with Crippen molar-refractivity contribution in [2.75, 3.05) is 13.7 Å². The zero-order chi connectivity index (χ0) is 12.1. The summed E-state index contributed by atoms with van der Waals surface area (Å²) in [6, 6.07) is 3.91. The Balaban J connectivity index is 1.86. The average molecular weight is 251 g/mol. The summed E-state index contributed by atoms with van der Waals surface area (Å²) >= 11 is 1.83. The molecule has 0 saturated heterocycles. The van der Waals surface area contributed by atoms with Crippen LogP contribution in [0, 0.1) is 0 Å². The maximum absolute atomic E-state index is 5.09. The first-order valence-electron chi connectivity index (χ1n) is 5.75. The van der Waals surface area contributed by atoms with Crippen molar-refractivity contribution in [1.29, 1.82) is 0 Å². The van der Waals surface area contributed by atoms with E-state index in [-0.39, 0.29) is 0 Å². The van der Waals surface area contributed by atoms with Gasteiger partial charge < -0.3 is 10.1 Å². The van der Waals surface area contributed by atoms with Crippen LogP contribution in [0.4, 0.5) is 0 Å². The summed E-state index contributed by atoms with van der Waals surface area (Å²) in [7, 11) is 1.63. The molecule has 0 fully saturated rings. The second-order valence-electron chi connectivity index (χ2n) is 3.85. The van der Waals surface area contributed by atoms with Gasteiger partial charge in [-0.2, -0.15) is 0 Å². The van der Waals surface area contributed by atoms with Crippen molar-refractivity contribution in [1.82, 2.24) is 10.3 Å². The third kappa shape index (κ3) is 3.36. The standard InChI is InChI=1S/C12H17N3OS/c1-3-10-8-15-12(17-10)14-7-9-4-5-13-11(6-9)16-2/h4-6,10H,3,7-8H2,1-2H3,(H,14,15). The average Bonchev–Trinajstić information content (AvgIpc) is 2.84. The minimum absolute atomic E-state index is 0.643. The van der Waals surface area contributed by atoms with Crippen LogP contribution < -0.4 is 10.1 Å². The largest absolute Gasteiger partial charge is 0.481 e. The number of pyridine rings is 1. The van der Waals surface area contributed by atoms with Gasteiger partial charge in [0.2, 0.25) is 5.88 Å². The summed E-state index contributed by atoms with van der Waals surface area (Å²) in [6.07, 6.45) is 2.93. The molecule has 0 aromatic carbocycles. The van der Waals surface area contributed by atoms with E-state index in [2.05, 4.69) is 22.2 Å². The van der Waals surface area contributed by atoms with Gasteiger partial charge in [-0.15, -0.1) is 0 Å². The Morgan fingerprint density at radius 3 is 3.18 bits per heavy atom. The third-order valence-corrected chi connectivity index (χ3v) is 3.94. The minimum Gasteiger partial charge on any atom is -0.481 e. The van der Waals surface area contributed by atoms with Gasteiger partial charge in [0.05, 0.1) is 13.7 Å². The lowest BCUT2D eigenvalue weighted by molar-refractivity contribution is 0.397. The summed E-state index contributed by atoms with van der Waals surface area (Å²) < 4.78 is 5.09. The van der Waals surface area contributed by atoms with Crippen LogP contribution in [0.2, 0.25) is 0 Å². The molecule has 1 N–H and O–H groups in total. The van der Waals surface area contributed by atoms with E-state index in [9.17, 15) is 0 Å². The first kappa shape index (κ1) is 12.2. The highest BCUT2D eigenvalue weighted by Crippen LogP contribution is 2.22. The smallest absolute Gasteiger partial charge is 0.213 e. The molecule has 0 amide bonds. The molecular formula is C12H17N3OS. The van der Waals surface area contributed by atoms with Gasteiger partial charge in [0.25, 0.3) is 0 Å². The maximum Gasteiger partial charge on any atom is 0.213 e. The Bertz CT molecular complexity index is 408. The van der Waals surface area contributed by atoms with Gasteiger partial charge in [0.1, 0.15) is 0 Å². The number of methoxy groups -OCH3 is 1. The lowest BCUT2D eigenvalue weighted by Crippen LogP contribution is -2.18. The SMILES string of the molecule is CCC1CN=C(NCc2ccnc(OC)c2)S1. The number of nitrogens with one attached hydrogen (secondary N) is 1. The highest BCUT2D eigenvalue weighted by Gasteiger charge is 2.17. The number of hydrogen-bond donors (Lipinski definition) is 1. The van der Waals surface area contributed by atoms with Crippen molar-refractivity contribution < 1.29 is 4.74 Å². The fourth-order valence-electron chi connectivity index (χ4n) is 1.58. The predicted octanol–water partition coefficient (Wildman–Crippen LogP) is 2.06. The lowest BCUT2D eigenvalue weighted by Gasteiger charge is -2.07. The van der Waals surface area contributed by atoms with Gasteiger partial charge in [0, 0.05) is 24.1 Å². The number of aromatic nitrogens is 1. The molecular weight excluding hydrogens is 234 g/mol. The second-order valence-corrected chi connectivity index (χ2v) is 5.14. The maximum atomic E-state index is 5.09. The highest BCUT2D eigenvalue weighted by atomic mass is 32.2. The zero-order valence-corrected chi connectivity index (χ0v) is 11.0. The molecule has 0 bridgehead atoms. The van der Waals surface area contributed by atoms with Crippen LogP contribution in [0.5, 0.6) is 5.88 Å². The third-order valence-electron chi connectivity index (χ3n) is 2.62. The monoisotopic (exact) mass is 251 g/mol. The summed E-state index contributed by atoms with van der Waals surface area (Å²) in [6.45, 7) is 3.90. The molecule has 4 nitrogen and oxygen atoms in total. The van der Waals surface area contributed by atoms with Crippen LogP contribution in [-0.4, -0.2) is 29.1 Å². The van der Waals surface area contributed by atoms with Crippen molar-refractivity contribution in [2.45, 2.75) is 25.1 Å². The fourth-order valence-corrected chi connectivity index (χ4v) is 2.51. The molecule has 0 spiro atoms. The molecule has 1 aromatic rings. The van der Waals surface area contributed by atoms with Crippen molar-refractivity contribution in [2.24, 2.45) is 4.99 Å². The van der Waals surface area contributed by atoms with Crippen molar-refractivity contribution in [3.63, 3.8) is 0 Å². The molecule has 1 aromatic heterocycles. The molecule has 1 atom stereocenters. The van der Waals surface area contributed by atoms with E-state index in [1.807, 2.05) is 23.9 Å². The summed E-state index contributed by atoms with van der Waals surface area (Å²) in [4.78, 5) is 8.54. The van der Waals surface area contributed by atoms with Crippen molar-refractivity contribution in [3.8, 4) is 5.88 Å². The van der Waals surface area contributed by atoms with E-state index >= 15 is 0 Å². The molecule has 0 radical (unpaired) electrons. The van der Waals surface area contributed by atoms with E-state index in [1.165, 1.54) is 6.42 Å². The van der Waals surface area contributed by atoms with E-state index in [0.29, 0.717) is 11.1 Å². The second kappa shape index (κ2) is 5.91. The summed E-state index contributed by atoms with van der Waals surface area (Å²) in [5.41, 5.74) is 1.15. The lowest BCUT2D eigenvalue weighted by atomic mass is 10.3. The Morgan fingerprint density at radius 2 is 2.47 bits per heavy atom. The molecule has 1 unspecified atom stereocenters. The molecule has 2 rings (SSSR count). The number of thioether (sulfide) groups is 1. The number of amidine groups is 1. The number of aliphatic imine (C=N–C) groups is 1. The van der Waals surface area contributed by atoms with Gasteiger partial charge in [-0.3, -0.25) is 4.99 Å². The predicted molar refractivity (Wildman–Crippen MR) is 71.6 cm³/mol. The first-order valence-corrected chi connectivity index (χ1v) is 6.63. The van der Waals surface area contributed by atoms with E-state index in [4.69, 9.17) is 4.74 Å². The zero-order valence-electron chi connectivity index (χ0n) is 10.1. The van der Waals surface area contributed by atoms with Crippen molar-refractivity contribution in [3.05, 3.63) is 23.9 Å². The molecule has 5 heteroatoms. The van der Waals surface area contributed by atoms with Gasteiger partial charge in [-0.1, -0.05) is 18.7 Å². The van der Waals surface area contributed by atoms with Gasteiger partial charge in [-0.25, -0.2) is 4.98 Å². The van der Waals surface area contributed by atoms with Gasteiger partial charge in [0.15, 0.2) is 5.17 Å². The molecule has 92 valence electrons. The minimum atomic E-state index is 0.643. The van der Waals surface area contributed by atoms with Gasteiger partial charge >= 0.3 is 0 Å². The molecule has 0 saturated carbocycles. The normalized spacial score (nSPS) is 18.9. The van der Waals surface area contributed by atoms with E-state index in [1.54, 1.807) is 13.3 Å². The van der Waals surface area contributed by atoms with Crippen LogP contribution in [-0.2, 0) is 6.54 Å². The van der Waals surface area contributed by atoms with Crippen LogP contribution in [0.3, 0.4) is 0 Å². The Labute approximate surface area is 106 Å². The van der Waals surface area contributed by atoms with E-state index in [0.717, 1.165) is 23.8 Å². The number of ether oxygens (including phenoxy) is 1. The summed E-state index contributed by atoms with van der Waals surface area (Å²) in [5.74, 6) is 0.650. The van der Waals surface area contributed by atoms with Crippen LogP contribution in [0.15, 0.2) is 23.3 Å². The number of rotatable bonds is 4. The Morgan fingerprint density at radius 1 is 1.59 bits per heavy atom. The first-order chi connectivity index (χ1) is 8.31. The quantitative estimate of drug-likeness (QED) is 0.890. The highest BCUT2D eigenvalue weighted by molar-refractivity contribution is 8.14. The molecule has 0 aliphatic carbocycles. The molecule has 1 aliphatic rings. The topological polar surface area (TPSA) is 46.5 Å². The summed E-state index contributed by atoms with van der Waals surface area (Å²) in [5, 5.41) is 5.03.